The Morgan fingerprint density at radius 3 is 2.94 bits per heavy atom. The molecule has 0 heterocycles. The normalized spacial score (nSPS) is 25.4. The van der Waals surface area contributed by atoms with Crippen LogP contribution in [0.15, 0.2) is 47.3 Å². The van der Waals surface area contributed by atoms with E-state index < -0.39 is 0 Å². The molecular formula is C15H21N. The number of hydrogen-bond donors (Lipinski definition) is 1. The largest absolute Gasteiger partial charge is 0.359 e. The minimum Gasteiger partial charge on any atom is -0.359 e. The lowest BCUT2D eigenvalue weighted by molar-refractivity contribution is 0.503. The van der Waals surface area contributed by atoms with Gasteiger partial charge in [-0.05, 0) is 50.7 Å². The topological polar surface area (TPSA) is 12.0 Å². The summed E-state index contributed by atoms with van der Waals surface area (Å²) in [6, 6.07) is 0. The molecule has 0 amide bonds. The van der Waals surface area contributed by atoms with Crippen LogP contribution in [-0.4, -0.2) is 0 Å². The van der Waals surface area contributed by atoms with Crippen molar-refractivity contribution in [2.75, 3.05) is 0 Å². The van der Waals surface area contributed by atoms with E-state index in [4.69, 9.17) is 0 Å². The third-order valence-corrected chi connectivity index (χ3v) is 3.26. The monoisotopic (exact) mass is 215 g/mol. The van der Waals surface area contributed by atoms with Crippen molar-refractivity contribution >= 4 is 0 Å². The lowest BCUT2D eigenvalue weighted by atomic mass is 9.94. The average molecular weight is 215 g/mol. The van der Waals surface area contributed by atoms with E-state index in [1.807, 2.05) is 0 Å². The van der Waals surface area contributed by atoms with Crippen LogP contribution in [0.4, 0.5) is 0 Å². The van der Waals surface area contributed by atoms with E-state index in [2.05, 4.69) is 49.5 Å². The van der Waals surface area contributed by atoms with Gasteiger partial charge in [0.25, 0.3) is 0 Å². The second-order valence-corrected chi connectivity index (χ2v) is 4.98. The van der Waals surface area contributed by atoms with Crippen molar-refractivity contribution in [1.29, 1.82) is 0 Å². The van der Waals surface area contributed by atoms with Gasteiger partial charge in [-0.25, -0.2) is 0 Å². The lowest BCUT2D eigenvalue weighted by Crippen LogP contribution is -2.15. The van der Waals surface area contributed by atoms with Gasteiger partial charge in [0.05, 0.1) is 0 Å². The Bertz CT molecular complexity index is 369. The summed E-state index contributed by atoms with van der Waals surface area (Å²) in [4.78, 5) is 0. The Morgan fingerprint density at radius 2 is 2.19 bits per heavy atom. The van der Waals surface area contributed by atoms with E-state index in [9.17, 15) is 0 Å². The van der Waals surface area contributed by atoms with Crippen LogP contribution in [0.5, 0.6) is 0 Å². The van der Waals surface area contributed by atoms with Crippen LogP contribution in [0.25, 0.3) is 0 Å². The Hall–Kier alpha value is -1.24. The van der Waals surface area contributed by atoms with Gasteiger partial charge >= 0.3 is 0 Å². The van der Waals surface area contributed by atoms with Crippen LogP contribution in [0.3, 0.4) is 0 Å². The Labute approximate surface area is 98.6 Å². The predicted molar refractivity (Wildman–Crippen MR) is 69.8 cm³/mol. The molecule has 1 atom stereocenters. The first kappa shape index (κ1) is 11.3. The van der Waals surface area contributed by atoms with Crippen molar-refractivity contribution in [3.8, 4) is 0 Å². The molecule has 0 spiro atoms. The van der Waals surface area contributed by atoms with E-state index in [-0.39, 0.29) is 0 Å². The highest BCUT2D eigenvalue weighted by Gasteiger charge is 2.10. The first-order valence-corrected chi connectivity index (χ1v) is 6.24. The molecule has 0 aromatic rings. The SMILES string of the molecule is CC1=CC=C(NC2=CCC(C)CC2)C=CC1. The number of allylic oxidation sites excluding steroid dienone is 7. The molecule has 0 bridgehead atoms. The summed E-state index contributed by atoms with van der Waals surface area (Å²) >= 11 is 0. The fourth-order valence-electron chi connectivity index (χ4n) is 2.07. The number of nitrogens with one attached hydrogen (secondary N) is 1. The van der Waals surface area contributed by atoms with Gasteiger partial charge in [0.2, 0.25) is 0 Å². The summed E-state index contributed by atoms with van der Waals surface area (Å²) < 4.78 is 0. The smallest absolute Gasteiger partial charge is 0.0378 e. The summed E-state index contributed by atoms with van der Waals surface area (Å²) in [5.74, 6) is 0.853. The molecule has 0 fully saturated rings. The molecule has 1 heteroatoms. The molecule has 1 nitrogen and oxygen atoms in total. The van der Waals surface area contributed by atoms with Gasteiger partial charge in [0.15, 0.2) is 0 Å². The second-order valence-electron chi connectivity index (χ2n) is 4.98. The minimum atomic E-state index is 0.853. The molecule has 0 aromatic carbocycles. The molecule has 0 aromatic heterocycles. The Kier molecular flexibility index (Phi) is 3.66. The molecule has 2 aliphatic carbocycles. The summed E-state index contributed by atoms with van der Waals surface area (Å²) in [5.41, 5.74) is 4.03. The highest BCUT2D eigenvalue weighted by molar-refractivity contribution is 5.31. The highest BCUT2D eigenvalue weighted by Crippen LogP contribution is 2.22. The summed E-state index contributed by atoms with van der Waals surface area (Å²) in [7, 11) is 0. The molecule has 2 aliphatic rings. The molecule has 16 heavy (non-hydrogen) atoms. The van der Waals surface area contributed by atoms with Crippen LogP contribution in [0.2, 0.25) is 0 Å². The molecule has 2 rings (SSSR count). The predicted octanol–water partition coefficient (Wildman–Crippen LogP) is 4.07. The van der Waals surface area contributed by atoms with Crippen LogP contribution >= 0.6 is 0 Å². The molecule has 0 aliphatic heterocycles. The van der Waals surface area contributed by atoms with Crippen molar-refractivity contribution in [3.05, 3.63) is 47.3 Å². The zero-order chi connectivity index (χ0) is 11.4. The fourth-order valence-corrected chi connectivity index (χ4v) is 2.07. The third kappa shape index (κ3) is 3.13. The summed E-state index contributed by atoms with van der Waals surface area (Å²) in [5, 5.41) is 3.53. The van der Waals surface area contributed by atoms with Crippen molar-refractivity contribution in [3.63, 3.8) is 0 Å². The van der Waals surface area contributed by atoms with Gasteiger partial charge in [-0.15, -0.1) is 0 Å². The van der Waals surface area contributed by atoms with Crippen LogP contribution in [0.1, 0.15) is 39.5 Å². The van der Waals surface area contributed by atoms with Crippen LogP contribution in [0, 0.1) is 5.92 Å². The highest BCUT2D eigenvalue weighted by atomic mass is 14.9. The average Bonchev–Trinajstić information content (AvgIpc) is 2.47. The standard InChI is InChI=1S/C15H21N/c1-12-4-3-5-14(9-6-12)16-15-10-7-13(2)8-11-15/h3,5-6,9-10,13,16H,4,7-8,11H2,1-2H3. The zero-order valence-electron chi connectivity index (χ0n) is 10.3. The second kappa shape index (κ2) is 5.20. The van der Waals surface area contributed by atoms with Crippen molar-refractivity contribution in [2.45, 2.75) is 39.5 Å². The first-order chi connectivity index (χ1) is 7.74. The van der Waals surface area contributed by atoms with Crippen molar-refractivity contribution in [1.82, 2.24) is 5.32 Å². The first-order valence-electron chi connectivity index (χ1n) is 6.24. The van der Waals surface area contributed by atoms with Crippen LogP contribution in [-0.2, 0) is 0 Å². The van der Waals surface area contributed by atoms with Crippen molar-refractivity contribution in [2.24, 2.45) is 5.92 Å². The fraction of sp³-hybridized carbons (Fsp3) is 0.467. The van der Waals surface area contributed by atoms with E-state index >= 15 is 0 Å². The summed E-state index contributed by atoms with van der Waals surface area (Å²) in [6.07, 6.45) is 15.9. The number of rotatable bonds is 2. The van der Waals surface area contributed by atoms with Gasteiger partial charge in [0.1, 0.15) is 0 Å². The van der Waals surface area contributed by atoms with Crippen molar-refractivity contribution < 1.29 is 0 Å². The van der Waals surface area contributed by atoms with Gasteiger partial charge in [-0.1, -0.05) is 30.7 Å². The molecule has 1 unspecified atom stereocenters. The maximum absolute atomic E-state index is 3.53. The molecule has 86 valence electrons. The zero-order valence-corrected chi connectivity index (χ0v) is 10.3. The van der Waals surface area contributed by atoms with E-state index in [1.165, 1.54) is 36.2 Å². The maximum atomic E-state index is 3.53. The maximum Gasteiger partial charge on any atom is 0.0378 e. The number of hydrogen-bond acceptors (Lipinski definition) is 1. The third-order valence-electron chi connectivity index (χ3n) is 3.26. The Balaban J connectivity index is 2.00. The van der Waals surface area contributed by atoms with Crippen LogP contribution < -0.4 is 5.32 Å². The van der Waals surface area contributed by atoms with E-state index in [0.717, 1.165) is 12.3 Å². The molecular weight excluding hydrogens is 194 g/mol. The van der Waals surface area contributed by atoms with Gasteiger partial charge in [-0.3, -0.25) is 0 Å². The minimum absolute atomic E-state index is 0.853. The Morgan fingerprint density at radius 1 is 1.31 bits per heavy atom. The van der Waals surface area contributed by atoms with Gasteiger partial charge in [0, 0.05) is 11.4 Å². The molecule has 0 radical (unpaired) electrons. The lowest BCUT2D eigenvalue weighted by Gasteiger charge is -2.19. The van der Waals surface area contributed by atoms with E-state index in [1.54, 1.807) is 0 Å². The summed E-state index contributed by atoms with van der Waals surface area (Å²) in [6.45, 7) is 4.50. The van der Waals surface area contributed by atoms with E-state index in [0.29, 0.717) is 0 Å². The van der Waals surface area contributed by atoms with Gasteiger partial charge < -0.3 is 5.32 Å². The molecule has 1 N–H and O–H groups in total. The molecule has 0 saturated carbocycles. The quantitative estimate of drug-likeness (QED) is 0.732. The molecule has 0 saturated heterocycles. The van der Waals surface area contributed by atoms with Gasteiger partial charge in [-0.2, -0.15) is 0 Å².